The first-order valence-corrected chi connectivity index (χ1v) is 9.93. The molecule has 6 heteroatoms. The average Bonchev–Trinajstić information content (AvgIpc) is 3.39. The molecule has 2 bridgehead atoms. The zero-order valence-corrected chi connectivity index (χ0v) is 15.3. The third kappa shape index (κ3) is 2.34. The molecule has 6 nitrogen and oxygen atoms in total. The Morgan fingerprint density at radius 3 is 2.60 bits per heavy atom. The quantitative estimate of drug-likeness (QED) is 0.775. The van der Waals surface area contributed by atoms with Crippen LogP contribution in [0.5, 0.6) is 0 Å². The van der Waals surface area contributed by atoms with Crippen LogP contribution in [0.3, 0.4) is 0 Å². The summed E-state index contributed by atoms with van der Waals surface area (Å²) in [4.78, 5) is 24.7. The molecule has 8 atom stereocenters. The molecule has 140 valence electrons. The van der Waals surface area contributed by atoms with Crippen LogP contribution in [-0.2, 0) is 24.0 Å². The number of rotatable bonds is 2. The van der Waals surface area contributed by atoms with E-state index in [1.807, 2.05) is 6.92 Å². The predicted molar refractivity (Wildman–Crippen MR) is 88.0 cm³/mol. The Bertz CT molecular complexity index is 580. The van der Waals surface area contributed by atoms with Crippen LogP contribution in [0.2, 0.25) is 0 Å². The van der Waals surface area contributed by atoms with Crippen LogP contribution in [0.1, 0.15) is 59.3 Å². The van der Waals surface area contributed by atoms with Gasteiger partial charge in [-0.15, -0.1) is 0 Å². The van der Waals surface area contributed by atoms with Gasteiger partial charge in [0, 0.05) is 18.4 Å². The molecule has 2 saturated carbocycles. The molecule has 6 rings (SSSR count). The third-order valence-corrected chi connectivity index (χ3v) is 7.34. The average molecular weight is 351 g/mol. The van der Waals surface area contributed by atoms with E-state index in [1.165, 1.54) is 0 Å². The van der Waals surface area contributed by atoms with Gasteiger partial charge in [-0.05, 0) is 56.8 Å². The second-order valence-corrected chi connectivity index (χ2v) is 9.11. The lowest BCUT2D eigenvalue weighted by Crippen LogP contribution is -2.71. The summed E-state index contributed by atoms with van der Waals surface area (Å²) in [5, 5.41) is 3.11. The predicted octanol–water partition coefficient (Wildman–Crippen LogP) is 2.52. The highest BCUT2D eigenvalue weighted by atomic mass is 17.3. The van der Waals surface area contributed by atoms with Crippen molar-refractivity contribution in [2.75, 3.05) is 0 Å². The normalized spacial score (nSPS) is 54.5. The van der Waals surface area contributed by atoms with Crippen molar-refractivity contribution in [3.8, 4) is 0 Å². The van der Waals surface area contributed by atoms with Crippen LogP contribution in [-0.4, -0.2) is 35.7 Å². The van der Waals surface area contributed by atoms with Crippen LogP contribution < -0.4 is 5.32 Å². The minimum atomic E-state index is -0.782. The number of nitrogens with one attached hydrogen (secondary N) is 1. The summed E-state index contributed by atoms with van der Waals surface area (Å²) in [5.74, 6) is 0.407. The first-order chi connectivity index (χ1) is 11.9. The van der Waals surface area contributed by atoms with E-state index in [1.54, 1.807) is 0 Å². The molecule has 0 aromatic heterocycles. The number of hydrogen-bond acceptors (Lipinski definition) is 5. The van der Waals surface area contributed by atoms with Crippen LogP contribution in [0.15, 0.2) is 0 Å². The molecular formula is C19H29NO5. The van der Waals surface area contributed by atoms with Crippen LogP contribution in [0, 0.1) is 23.7 Å². The number of carbonyl (C=O) groups excluding carboxylic acids is 1. The molecule has 0 radical (unpaired) electrons. The highest BCUT2D eigenvalue weighted by Crippen LogP contribution is 2.60. The number of carbonyl (C=O) groups is 1. The summed E-state index contributed by atoms with van der Waals surface area (Å²) < 4.78 is 12.6. The lowest BCUT2D eigenvalue weighted by Gasteiger charge is -2.60. The minimum Gasteiger partial charge on any atom is -0.351 e. The van der Waals surface area contributed by atoms with E-state index in [2.05, 4.69) is 19.2 Å². The Kier molecular flexibility index (Phi) is 3.57. The van der Waals surface area contributed by atoms with Crippen molar-refractivity contribution >= 4 is 5.91 Å². The second-order valence-electron chi connectivity index (χ2n) is 9.11. The van der Waals surface area contributed by atoms with Gasteiger partial charge in [0.2, 0.25) is 11.7 Å². The van der Waals surface area contributed by atoms with Gasteiger partial charge >= 0.3 is 0 Å². The lowest BCUT2D eigenvalue weighted by atomic mass is 9.57. The smallest absolute Gasteiger partial charge is 0.249 e. The van der Waals surface area contributed by atoms with Gasteiger partial charge < -0.3 is 14.8 Å². The molecule has 4 saturated heterocycles. The van der Waals surface area contributed by atoms with Crippen molar-refractivity contribution in [2.24, 2.45) is 23.7 Å². The van der Waals surface area contributed by atoms with Crippen molar-refractivity contribution in [2.45, 2.75) is 89.1 Å². The first kappa shape index (κ1) is 16.5. The summed E-state index contributed by atoms with van der Waals surface area (Å²) >= 11 is 0. The zero-order valence-electron chi connectivity index (χ0n) is 15.3. The number of fused-ring (bicyclic) bond motifs is 2. The molecule has 6 aliphatic rings. The zero-order chi connectivity index (χ0) is 17.4. The van der Waals surface area contributed by atoms with Crippen LogP contribution >= 0.6 is 0 Å². The van der Waals surface area contributed by atoms with Crippen molar-refractivity contribution < 1.29 is 24.0 Å². The Balaban J connectivity index is 1.51. The van der Waals surface area contributed by atoms with Crippen molar-refractivity contribution in [1.82, 2.24) is 5.32 Å². The highest BCUT2D eigenvalue weighted by Gasteiger charge is 2.69. The minimum absolute atomic E-state index is 0.00909. The topological polar surface area (TPSA) is 66.0 Å². The van der Waals surface area contributed by atoms with E-state index in [0.717, 1.165) is 38.5 Å². The summed E-state index contributed by atoms with van der Waals surface area (Å²) in [7, 11) is 0. The van der Waals surface area contributed by atoms with Gasteiger partial charge in [0.15, 0.2) is 11.9 Å². The van der Waals surface area contributed by atoms with E-state index >= 15 is 0 Å². The third-order valence-electron chi connectivity index (χ3n) is 7.34. The van der Waals surface area contributed by atoms with E-state index in [4.69, 9.17) is 19.2 Å². The molecule has 2 aliphatic carbocycles. The Morgan fingerprint density at radius 2 is 1.84 bits per heavy atom. The molecule has 4 aliphatic heterocycles. The molecule has 4 heterocycles. The molecule has 1 spiro atoms. The SMILES string of the molecule is C[C@H]1[C@H](C(=O)NC2CC2)O[C@@H]2O[C@@]3(C)CC[C@H]4[C@H](C)CC[C@@H]1[C@@]24OO3. The summed E-state index contributed by atoms with van der Waals surface area (Å²) in [6, 6.07) is 0.335. The van der Waals surface area contributed by atoms with Gasteiger partial charge in [-0.3, -0.25) is 4.79 Å². The largest absolute Gasteiger partial charge is 0.351 e. The number of amides is 1. The second kappa shape index (κ2) is 5.41. The lowest BCUT2D eigenvalue weighted by molar-refractivity contribution is -0.569. The van der Waals surface area contributed by atoms with E-state index in [9.17, 15) is 4.79 Å². The van der Waals surface area contributed by atoms with Gasteiger partial charge in [0.1, 0.15) is 6.10 Å². The van der Waals surface area contributed by atoms with Crippen molar-refractivity contribution in [1.29, 1.82) is 0 Å². The van der Waals surface area contributed by atoms with E-state index < -0.39 is 23.8 Å². The van der Waals surface area contributed by atoms with Gasteiger partial charge in [-0.25, -0.2) is 9.78 Å². The maximum atomic E-state index is 12.8. The number of ether oxygens (including phenoxy) is 2. The van der Waals surface area contributed by atoms with Gasteiger partial charge in [-0.1, -0.05) is 13.8 Å². The Hall–Kier alpha value is -0.690. The molecule has 0 aromatic carbocycles. The summed E-state index contributed by atoms with van der Waals surface area (Å²) in [6.07, 6.45) is 5.15. The van der Waals surface area contributed by atoms with E-state index in [0.29, 0.717) is 17.9 Å². The fourth-order valence-corrected chi connectivity index (χ4v) is 5.72. The summed E-state index contributed by atoms with van der Waals surface area (Å²) in [6.45, 7) is 6.34. The van der Waals surface area contributed by atoms with Crippen molar-refractivity contribution in [3.05, 3.63) is 0 Å². The van der Waals surface area contributed by atoms with Gasteiger partial charge in [0.05, 0.1) is 0 Å². The van der Waals surface area contributed by atoms with Gasteiger partial charge in [-0.2, -0.15) is 0 Å². The summed E-state index contributed by atoms with van der Waals surface area (Å²) in [5.41, 5.74) is -0.580. The standard InChI is InChI=1S/C19H29NO5/c1-10-4-7-14-11(2)15(16(21)20-12-5-6-12)22-17-19(14)13(10)8-9-18(3,23-17)24-25-19/h10-15,17H,4-9H2,1-3H3,(H,20,21)/t10-,11-,13+,14+,15-,17-,18-,19-/m1/s1. The first-order valence-electron chi connectivity index (χ1n) is 9.93. The fraction of sp³-hybridized carbons (Fsp3) is 0.947. The molecule has 1 amide bonds. The van der Waals surface area contributed by atoms with E-state index in [-0.39, 0.29) is 17.7 Å². The molecule has 25 heavy (non-hydrogen) atoms. The molecule has 0 aromatic rings. The molecule has 0 unspecified atom stereocenters. The monoisotopic (exact) mass is 351 g/mol. The fourth-order valence-electron chi connectivity index (χ4n) is 5.72. The van der Waals surface area contributed by atoms with Crippen LogP contribution in [0.4, 0.5) is 0 Å². The Morgan fingerprint density at radius 1 is 1.04 bits per heavy atom. The maximum absolute atomic E-state index is 12.8. The maximum Gasteiger partial charge on any atom is 0.249 e. The number of hydrogen-bond donors (Lipinski definition) is 1. The highest BCUT2D eigenvalue weighted by molar-refractivity contribution is 5.82. The van der Waals surface area contributed by atoms with Crippen molar-refractivity contribution in [3.63, 3.8) is 0 Å². The van der Waals surface area contributed by atoms with Gasteiger partial charge in [0.25, 0.3) is 0 Å². The molecular weight excluding hydrogens is 322 g/mol. The molecule has 1 N–H and O–H groups in total. The molecule has 6 fully saturated rings. The Labute approximate surface area is 148 Å². The van der Waals surface area contributed by atoms with Crippen LogP contribution in [0.25, 0.3) is 0 Å².